The maximum Gasteiger partial charge on any atom is 0.451 e. The molecule has 2 aromatic heterocycles. The molecule has 22 heavy (non-hydrogen) atoms. The Morgan fingerprint density at radius 3 is 2.68 bits per heavy atom. The summed E-state index contributed by atoms with van der Waals surface area (Å²) < 4.78 is 41.7. The number of nitrogens with zero attached hydrogens (tertiary/aromatic N) is 2. The van der Waals surface area contributed by atoms with E-state index in [4.69, 9.17) is 4.42 Å². The van der Waals surface area contributed by atoms with Gasteiger partial charge in [-0.05, 0) is 13.0 Å². The molecule has 2 aromatic rings. The lowest BCUT2D eigenvalue weighted by Gasteiger charge is -2.11. The first-order valence-electron chi connectivity index (χ1n) is 5.91. The van der Waals surface area contributed by atoms with Crippen molar-refractivity contribution in [2.24, 2.45) is 0 Å². The molecule has 118 valence electrons. The SMILES string of the molecule is C[C@H](NC(=O)c1ccoc1)C(=O)Nc1n[nH]c(C(F)(F)F)n1. The molecule has 0 aliphatic carbocycles. The molecule has 0 fully saturated rings. The van der Waals surface area contributed by atoms with Crippen LogP contribution in [0.25, 0.3) is 0 Å². The zero-order chi connectivity index (χ0) is 16.3. The lowest BCUT2D eigenvalue weighted by molar-refractivity contribution is -0.144. The second kappa shape index (κ2) is 5.87. The second-order valence-electron chi connectivity index (χ2n) is 4.20. The van der Waals surface area contributed by atoms with Crippen molar-refractivity contribution in [3.63, 3.8) is 0 Å². The first-order chi connectivity index (χ1) is 10.3. The maximum atomic E-state index is 12.3. The van der Waals surface area contributed by atoms with Crippen molar-refractivity contribution in [2.75, 3.05) is 5.32 Å². The number of carbonyl (C=O) groups excluding carboxylic acids is 2. The molecule has 2 rings (SSSR count). The minimum atomic E-state index is -4.70. The van der Waals surface area contributed by atoms with Gasteiger partial charge in [-0.2, -0.15) is 18.2 Å². The summed E-state index contributed by atoms with van der Waals surface area (Å²) in [6, 6.07) is 0.375. The summed E-state index contributed by atoms with van der Waals surface area (Å²) in [5.41, 5.74) is 0.205. The lowest BCUT2D eigenvalue weighted by Crippen LogP contribution is -2.41. The monoisotopic (exact) mass is 317 g/mol. The third kappa shape index (κ3) is 3.62. The van der Waals surface area contributed by atoms with Crippen LogP contribution in [0.5, 0.6) is 0 Å². The van der Waals surface area contributed by atoms with E-state index < -0.39 is 35.8 Å². The highest BCUT2D eigenvalue weighted by atomic mass is 19.4. The summed E-state index contributed by atoms with van der Waals surface area (Å²) >= 11 is 0. The Morgan fingerprint density at radius 1 is 1.41 bits per heavy atom. The molecule has 0 aliphatic rings. The number of furan rings is 1. The number of H-pyrrole nitrogens is 1. The molecule has 0 unspecified atom stereocenters. The van der Waals surface area contributed by atoms with Gasteiger partial charge in [-0.3, -0.25) is 20.0 Å². The van der Waals surface area contributed by atoms with Crippen LogP contribution in [0.2, 0.25) is 0 Å². The molecule has 3 N–H and O–H groups in total. The summed E-state index contributed by atoms with van der Waals surface area (Å²) in [6.45, 7) is 1.35. The molecule has 0 spiro atoms. The van der Waals surface area contributed by atoms with Gasteiger partial charge in [0.1, 0.15) is 12.3 Å². The van der Waals surface area contributed by atoms with Gasteiger partial charge in [-0.15, -0.1) is 5.10 Å². The molecular weight excluding hydrogens is 307 g/mol. The van der Waals surface area contributed by atoms with Crippen LogP contribution in [0.15, 0.2) is 23.0 Å². The number of halogens is 3. The van der Waals surface area contributed by atoms with Crippen molar-refractivity contribution in [1.29, 1.82) is 0 Å². The van der Waals surface area contributed by atoms with Crippen molar-refractivity contribution < 1.29 is 27.2 Å². The fourth-order valence-corrected chi connectivity index (χ4v) is 1.40. The van der Waals surface area contributed by atoms with Gasteiger partial charge >= 0.3 is 6.18 Å². The Bertz CT molecular complexity index is 665. The number of aromatic amines is 1. The summed E-state index contributed by atoms with van der Waals surface area (Å²) in [6.07, 6.45) is -2.23. The van der Waals surface area contributed by atoms with Gasteiger partial charge in [0.15, 0.2) is 0 Å². The lowest BCUT2D eigenvalue weighted by atomic mass is 10.2. The topological polar surface area (TPSA) is 113 Å². The van der Waals surface area contributed by atoms with Gasteiger partial charge in [0.2, 0.25) is 17.7 Å². The van der Waals surface area contributed by atoms with Crippen LogP contribution in [-0.2, 0) is 11.0 Å². The van der Waals surface area contributed by atoms with Gasteiger partial charge in [-0.25, -0.2) is 0 Å². The minimum Gasteiger partial charge on any atom is -0.472 e. The number of anilines is 1. The molecule has 0 saturated heterocycles. The zero-order valence-corrected chi connectivity index (χ0v) is 11.1. The van der Waals surface area contributed by atoms with E-state index in [1.165, 1.54) is 25.5 Å². The molecular formula is C11H10F3N5O3. The largest absolute Gasteiger partial charge is 0.472 e. The van der Waals surface area contributed by atoms with Crippen molar-refractivity contribution in [1.82, 2.24) is 20.5 Å². The molecule has 0 aromatic carbocycles. The van der Waals surface area contributed by atoms with Crippen LogP contribution >= 0.6 is 0 Å². The van der Waals surface area contributed by atoms with Gasteiger partial charge < -0.3 is 9.73 Å². The van der Waals surface area contributed by atoms with E-state index >= 15 is 0 Å². The van der Waals surface area contributed by atoms with Crippen molar-refractivity contribution >= 4 is 17.8 Å². The summed E-state index contributed by atoms with van der Waals surface area (Å²) in [5.74, 6) is -3.22. The summed E-state index contributed by atoms with van der Waals surface area (Å²) in [4.78, 5) is 26.5. The Labute approximate surface area is 121 Å². The number of alkyl halides is 3. The fraction of sp³-hybridized carbons (Fsp3) is 0.273. The molecule has 8 nitrogen and oxygen atoms in total. The molecule has 0 radical (unpaired) electrons. The van der Waals surface area contributed by atoms with Crippen molar-refractivity contribution in [3.05, 3.63) is 30.0 Å². The Morgan fingerprint density at radius 2 is 2.14 bits per heavy atom. The Kier molecular flexibility index (Phi) is 4.15. The second-order valence-corrected chi connectivity index (χ2v) is 4.20. The Hall–Kier alpha value is -2.85. The van der Waals surface area contributed by atoms with E-state index in [9.17, 15) is 22.8 Å². The first-order valence-corrected chi connectivity index (χ1v) is 5.91. The van der Waals surface area contributed by atoms with Gasteiger partial charge in [0.05, 0.1) is 11.8 Å². The standard InChI is InChI=1S/C11H10F3N5O3/c1-5(15-8(21)6-2-3-22-4-6)7(20)16-10-17-9(18-19-10)11(12,13)14/h2-5H,1H3,(H,15,21)(H2,16,17,18,19,20)/t5-/m0/s1. The molecule has 0 bridgehead atoms. The van der Waals surface area contributed by atoms with Gasteiger partial charge in [-0.1, -0.05) is 0 Å². The first kappa shape index (κ1) is 15.5. The number of amides is 2. The van der Waals surface area contributed by atoms with Crippen LogP contribution < -0.4 is 10.6 Å². The average molecular weight is 317 g/mol. The van der Waals surface area contributed by atoms with Gasteiger partial charge in [0.25, 0.3) is 5.91 Å². The predicted octanol–water partition coefficient (Wildman–Crippen LogP) is 1.17. The van der Waals surface area contributed by atoms with Crippen LogP contribution in [0.1, 0.15) is 23.1 Å². The van der Waals surface area contributed by atoms with Crippen LogP contribution in [0.4, 0.5) is 19.1 Å². The van der Waals surface area contributed by atoms with E-state index in [2.05, 4.69) is 20.7 Å². The number of hydrogen-bond donors (Lipinski definition) is 3. The van der Waals surface area contributed by atoms with Crippen LogP contribution in [0.3, 0.4) is 0 Å². The van der Waals surface area contributed by atoms with E-state index in [0.717, 1.165) is 0 Å². The highest BCUT2D eigenvalue weighted by Crippen LogP contribution is 2.26. The molecule has 0 saturated carbocycles. The number of carbonyl (C=O) groups is 2. The highest BCUT2D eigenvalue weighted by Gasteiger charge is 2.35. The highest BCUT2D eigenvalue weighted by molar-refractivity contribution is 6.00. The molecule has 1 atom stereocenters. The molecule has 2 amide bonds. The van der Waals surface area contributed by atoms with Crippen LogP contribution in [0, 0.1) is 0 Å². The molecule has 2 heterocycles. The number of rotatable bonds is 4. The van der Waals surface area contributed by atoms with Crippen molar-refractivity contribution in [3.8, 4) is 0 Å². The van der Waals surface area contributed by atoms with Gasteiger partial charge in [0, 0.05) is 0 Å². The molecule has 11 heteroatoms. The minimum absolute atomic E-state index is 0.205. The number of aromatic nitrogens is 3. The van der Waals surface area contributed by atoms with E-state index in [0.29, 0.717) is 0 Å². The van der Waals surface area contributed by atoms with E-state index in [1.807, 2.05) is 0 Å². The quantitative estimate of drug-likeness (QED) is 0.783. The third-order valence-corrected chi connectivity index (χ3v) is 2.51. The predicted molar refractivity (Wildman–Crippen MR) is 65.7 cm³/mol. The summed E-state index contributed by atoms with van der Waals surface area (Å²) in [5, 5.41) is 9.27. The van der Waals surface area contributed by atoms with E-state index in [1.54, 1.807) is 5.10 Å². The number of hydrogen-bond acceptors (Lipinski definition) is 5. The fourth-order valence-electron chi connectivity index (χ4n) is 1.40. The Balaban J connectivity index is 1.94. The average Bonchev–Trinajstić information content (AvgIpc) is 3.08. The third-order valence-electron chi connectivity index (χ3n) is 2.51. The smallest absolute Gasteiger partial charge is 0.451 e. The normalized spacial score (nSPS) is 12.7. The zero-order valence-electron chi connectivity index (χ0n) is 11.1. The number of nitrogens with one attached hydrogen (secondary N) is 3. The van der Waals surface area contributed by atoms with Crippen LogP contribution in [-0.4, -0.2) is 33.0 Å². The maximum absolute atomic E-state index is 12.3. The van der Waals surface area contributed by atoms with Crippen molar-refractivity contribution in [2.45, 2.75) is 19.1 Å². The summed E-state index contributed by atoms with van der Waals surface area (Å²) in [7, 11) is 0. The molecule has 0 aliphatic heterocycles. The van der Waals surface area contributed by atoms with E-state index in [-0.39, 0.29) is 5.56 Å².